The molecule has 0 nitrogen and oxygen atoms in total. The summed E-state index contributed by atoms with van der Waals surface area (Å²) in [6.45, 7) is 2.28. The first-order valence-corrected chi connectivity index (χ1v) is 7.68. The van der Waals surface area contributed by atoms with Gasteiger partial charge in [0.25, 0.3) is 0 Å². The monoisotopic (exact) mass is 328 g/mol. The molecule has 1 aromatic rings. The van der Waals surface area contributed by atoms with Crippen LogP contribution in [0.25, 0.3) is 0 Å². The van der Waals surface area contributed by atoms with Crippen molar-refractivity contribution in [3.8, 4) is 0 Å². The van der Waals surface area contributed by atoms with Crippen molar-refractivity contribution in [2.24, 2.45) is 0 Å². The summed E-state index contributed by atoms with van der Waals surface area (Å²) < 4.78 is 1.50. The summed E-state index contributed by atoms with van der Waals surface area (Å²) in [5.74, 6) is 0.850. The highest BCUT2D eigenvalue weighted by Gasteiger charge is 2.20. The quantitative estimate of drug-likeness (QED) is 0.661. The van der Waals surface area contributed by atoms with Gasteiger partial charge in [0.1, 0.15) is 0 Å². The van der Waals surface area contributed by atoms with Gasteiger partial charge in [-0.25, -0.2) is 0 Å². The van der Waals surface area contributed by atoms with Crippen molar-refractivity contribution in [1.29, 1.82) is 0 Å². The Kier molecular flexibility index (Phi) is 4.68. The van der Waals surface area contributed by atoms with E-state index < -0.39 is 0 Å². The van der Waals surface area contributed by atoms with E-state index >= 15 is 0 Å². The van der Waals surface area contributed by atoms with Gasteiger partial charge in [-0.05, 0) is 65.0 Å². The smallest absolute Gasteiger partial charge is 0.0167 e. The van der Waals surface area contributed by atoms with E-state index in [-0.39, 0.29) is 0 Å². The van der Waals surface area contributed by atoms with Crippen molar-refractivity contribution >= 4 is 22.6 Å². The molecule has 0 atom stereocenters. The summed E-state index contributed by atoms with van der Waals surface area (Å²) in [6.07, 6.45) is 9.65. The number of benzene rings is 1. The highest BCUT2D eigenvalue weighted by atomic mass is 127. The molecule has 0 aliphatic heterocycles. The van der Waals surface area contributed by atoms with Crippen LogP contribution in [0.3, 0.4) is 0 Å². The second-order valence-corrected chi connectivity index (χ2v) is 6.06. The molecule has 0 N–H and O–H groups in total. The summed E-state index contributed by atoms with van der Waals surface area (Å²) in [4.78, 5) is 0. The van der Waals surface area contributed by atoms with Gasteiger partial charge in [0, 0.05) is 3.57 Å². The van der Waals surface area contributed by atoms with Crippen molar-refractivity contribution < 1.29 is 0 Å². The van der Waals surface area contributed by atoms with Crippen LogP contribution in [0.2, 0.25) is 0 Å². The highest BCUT2D eigenvalue weighted by molar-refractivity contribution is 14.1. The average molecular weight is 328 g/mol. The van der Waals surface area contributed by atoms with Crippen LogP contribution in [-0.4, -0.2) is 0 Å². The molecule has 88 valence electrons. The zero-order chi connectivity index (χ0) is 11.4. The molecule has 1 saturated carbocycles. The Labute approximate surface area is 113 Å². The number of aryl methyl sites for hydroxylation is 1. The van der Waals surface area contributed by atoms with Crippen LogP contribution in [0.1, 0.15) is 62.5 Å². The van der Waals surface area contributed by atoms with Gasteiger partial charge in [0.2, 0.25) is 0 Å². The molecule has 0 radical (unpaired) electrons. The van der Waals surface area contributed by atoms with Gasteiger partial charge in [0.15, 0.2) is 0 Å². The molecule has 0 spiro atoms. The fourth-order valence-corrected chi connectivity index (χ4v) is 3.91. The third kappa shape index (κ3) is 2.79. The lowest BCUT2D eigenvalue weighted by atomic mass is 9.81. The van der Waals surface area contributed by atoms with E-state index in [0.29, 0.717) is 0 Å². The Balaban J connectivity index is 2.28. The molecule has 0 heterocycles. The van der Waals surface area contributed by atoms with E-state index in [2.05, 4.69) is 47.7 Å². The molecule has 1 fully saturated rings. The van der Waals surface area contributed by atoms with Crippen molar-refractivity contribution in [3.63, 3.8) is 0 Å². The third-order valence-corrected chi connectivity index (χ3v) is 4.62. The average Bonchev–Trinajstić information content (AvgIpc) is 2.31. The van der Waals surface area contributed by atoms with Crippen LogP contribution in [0.15, 0.2) is 18.2 Å². The van der Waals surface area contributed by atoms with Crippen LogP contribution in [0.5, 0.6) is 0 Å². The molecule has 0 aromatic heterocycles. The predicted octanol–water partition coefficient (Wildman–Crippen LogP) is 5.29. The molecule has 1 aromatic carbocycles. The molecule has 0 saturated heterocycles. The SMILES string of the molecule is CCCc1cccc(I)c1C1CCCCC1. The van der Waals surface area contributed by atoms with Gasteiger partial charge in [-0.3, -0.25) is 0 Å². The van der Waals surface area contributed by atoms with Crippen LogP contribution in [-0.2, 0) is 6.42 Å². The Bertz CT molecular complexity index is 337. The fourth-order valence-electron chi connectivity index (χ4n) is 2.92. The van der Waals surface area contributed by atoms with E-state index in [1.54, 1.807) is 11.1 Å². The summed E-state index contributed by atoms with van der Waals surface area (Å²) in [6, 6.07) is 6.85. The van der Waals surface area contributed by atoms with Gasteiger partial charge in [-0.15, -0.1) is 0 Å². The van der Waals surface area contributed by atoms with Crippen molar-refractivity contribution in [3.05, 3.63) is 32.9 Å². The van der Waals surface area contributed by atoms with Crippen molar-refractivity contribution in [2.45, 2.75) is 57.8 Å². The molecule has 0 unspecified atom stereocenters. The second-order valence-electron chi connectivity index (χ2n) is 4.90. The van der Waals surface area contributed by atoms with E-state index in [9.17, 15) is 0 Å². The van der Waals surface area contributed by atoms with Gasteiger partial charge in [-0.2, -0.15) is 0 Å². The standard InChI is InChI=1S/C15H21I/c1-2-7-12-10-6-11-14(16)15(12)13-8-4-3-5-9-13/h6,10-11,13H,2-5,7-9H2,1H3. The molecule has 1 aliphatic carbocycles. The molecular weight excluding hydrogens is 307 g/mol. The lowest BCUT2D eigenvalue weighted by Gasteiger charge is -2.25. The maximum absolute atomic E-state index is 2.53. The predicted molar refractivity (Wildman–Crippen MR) is 79.0 cm³/mol. The fraction of sp³-hybridized carbons (Fsp3) is 0.600. The van der Waals surface area contributed by atoms with Gasteiger partial charge in [0.05, 0.1) is 0 Å². The molecular formula is C15H21I. The zero-order valence-electron chi connectivity index (χ0n) is 10.1. The van der Waals surface area contributed by atoms with Crippen molar-refractivity contribution in [2.75, 3.05) is 0 Å². The Hall–Kier alpha value is -0.0500. The zero-order valence-corrected chi connectivity index (χ0v) is 12.3. The first kappa shape index (κ1) is 12.4. The number of hydrogen-bond acceptors (Lipinski definition) is 0. The van der Waals surface area contributed by atoms with Gasteiger partial charge < -0.3 is 0 Å². The lowest BCUT2D eigenvalue weighted by molar-refractivity contribution is 0.440. The highest BCUT2D eigenvalue weighted by Crippen LogP contribution is 2.37. The largest absolute Gasteiger partial charge is 0.0651 e. The van der Waals surface area contributed by atoms with E-state index in [1.807, 2.05) is 0 Å². The maximum atomic E-state index is 2.53. The molecule has 1 aliphatic rings. The minimum atomic E-state index is 0.850. The lowest BCUT2D eigenvalue weighted by Crippen LogP contribution is -2.09. The van der Waals surface area contributed by atoms with Crippen LogP contribution >= 0.6 is 22.6 Å². The Morgan fingerprint density at radius 2 is 1.94 bits per heavy atom. The number of rotatable bonds is 3. The third-order valence-electron chi connectivity index (χ3n) is 3.68. The summed E-state index contributed by atoms with van der Waals surface area (Å²) in [5, 5.41) is 0. The minimum Gasteiger partial charge on any atom is -0.0651 e. The Morgan fingerprint density at radius 3 is 2.62 bits per heavy atom. The van der Waals surface area contributed by atoms with E-state index in [0.717, 1.165) is 5.92 Å². The first-order valence-electron chi connectivity index (χ1n) is 6.60. The van der Waals surface area contributed by atoms with Crippen molar-refractivity contribution in [1.82, 2.24) is 0 Å². The Morgan fingerprint density at radius 1 is 1.19 bits per heavy atom. The van der Waals surface area contributed by atoms with Gasteiger partial charge >= 0.3 is 0 Å². The summed E-state index contributed by atoms with van der Waals surface area (Å²) >= 11 is 2.53. The van der Waals surface area contributed by atoms with E-state index in [1.165, 1.54) is 48.5 Å². The topological polar surface area (TPSA) is 0 Å². The molecule has 0 bridgehead atoms. The van der Waals surface area contributed by atoms with Crippen LogP contribution in [0.4, 0.5) is 0 Å². The normalized spacial score (nSPS) is 17.6. The summed E-state index contributed by atoms with van der Waals surface area (Å²) in [7, 11) is 0. The van der Waals surface area contributed by atoms with Crippen LogP contribution in [0, 0.1) is 3.57 Å². The van der Waals surface area contributed by atoms with Gasteiger partial charge in [-0.1, -0.05) is 44.7 Å². The van der Waals surface area contributed by atoms with E-state index in [4.69, 9.17) is 0 Å². The minimum absolute atomic E-state index is 0.850. The first-order chi connectivity index (χ1) is 7.83. The molecule has 1 heteroatoms. The molecule has 2 rings (SSSR count). The van der Waals surface area contributed by atoms with Crippen LogP contribution < -0.4 is 0 Å². The molecule has 16 heavy (non-hydrogen) atoms. The maximum Gasteiger partial charge on any atom is 0.0167 e. The number of hydrogen-bond donors (Lipinski definition) is 0. The molecule has 0 amide bonds. The second kappa shape index (κ2) is 6.04. The number of halogens is 1. The summed E-state index contributed by atoms with van der Waals surface area (Å²) in [5.41, 5.74) is 3.30.